The predicted octanol–water partition coefficient (Wildman–Crippen LogP) is 0.879. The highest BCUT2D eigenvalue weighted by Crippen LogP contribution is 2.31. The summed E-state index contributed by atoms with van der Waals surface area (Å²) >= 11 is 0. The molecule has 1 aliphatic heterocycles. The molecule has 1 unspecified atom stereocenters. The van der Waals surface area contributed by atoms with Crippen molar-refractivity contribution < 1.29 is 9.66 Å². The smallest absolute Gasteiger partial charge is 0.353 e. The molecule has 18 heavy (non-hydrogen) atoms. The van der Waals surface area contributed by atoms with Crippen molar-refractivity contribution in [2.45, 2.75) is 19.8 Å². The van der Waals surface area contributed by atoms with Crippen molar-refractivity contribution in [3.05, 3.63) is 15.8 Å². The first-order chi connectivity index (χ1) is 8.63. The first-order valence-corrected chi connectivity index (χ1v) is 6.17. The maximum Gasteiger partial charge on any atom is 0.353 e. The van der Waals surface area contributed by atoms with Gasteiger partial charge in [0.1, 0.15) is 5.69 Å². The molecule has 7 nitrogen and oxygen atoms in total. The molecule has 0 aliphatic carbocycles. The summed E-state index contributed by atoms with van der Waals surface area (Å²) in [5.41, 5.74) is 0.480. The molecule has 2 heterocycles. The van der Waals surface area contributed by atoms with E-state index in [4.69, 9.17) is 4.74 Å². The van der Waals surface area contributed by atoms with Crippen molar-refractivity contribution in [1.82, 2.24) is 15.1 Å². The predicted molar refractivity (Wildman–Crippen MR) is 65.7 cm³/mol. The molecule has 2 rings (SSSR count). The third-order valence-electron chi connectivity index (χ3n) is 3.18. The highest BCUT2D eigenvalue weighted by molar-refractivity contribution is 5.46. The van der Waals surface area contributed by atoms with Crippen LogP contribution in [0.1, 0.15) is 19.0 Å². The van der Waals surface area contributed by atoms with E-state index < -0.39 is 4.92 Å². The molecule has 0 saturated carbocycles. The minimum absolute atomic E-state index is 0.00551. The van der Waals surface area contributed by atoms with Crippen molar-refractivity contribution in [2.75, 3.05) is 19.7 Å². The van der Waals surface area contributed by atoms with Gasteiger partial charge in [0.15, 0.2) is 0 Å². The summed E-state index contributed by atoms with van der Waals surface area (Å²) in [5.74, 6) is 0.688. The van der Waals surface area contributed by atoms with Gasteiger partial charge in [-0.05, 0) is 19.4 Å². The zero-order chi connectivity index (χ0) is 13.1. The maximum absolute atomic E-state index is 11.1. The first-order valence-electron chi connectivity index (χ1n) is 6.17. The lowest BCUT2D eigenvalue weighted by Gasteiger charge is -2.09. The number of aryl methyl sites for hydroxylation is 2. The Morgan fingerprint density at radius 2 is 2.44 bits per heavy atom. The second kappa shape index (κ2) is 5.34. The maximum atomic E-state index is 11.1. The van der Waals surface area contributed by atoms with Gasteiger partial charge < -0.3 is 10.1 Å². The topological polar surface area (TPSA) is 82.2 Å². The van der Waals surface area contributed by atoms with Gasteiger partial charge in [-0.25, -0.2) is 4.68 Å². The Kier molecular flexibility index (Phi) is 3.81. The fraction of sp³-hybridized carbons (Fsp3) is 0.727. The van der Waals surface area contributed by atoms with E-state index in [9.17, 15) is 10.1 Å². The van der Waals surface area contributed by atoms with Crippen LogP contribution in [0.4, 0.5) is 5.69 Å². The molecule has 100 valence electrons. The average molecular weight is 254 g/mol. The van der Waals surface area contributed by atoms with Crippen LogP contribution in [-0.2, 0) is 13.5 Å². The summed E-state index contributed by atoms with van der Waals surface area (Å²) in [4.78, 5) is 10.7. The molecule has 1 atom stereocenters. The summed E-state index contributed by atoms with van der Waals surface area (Å²) in [6.45, 7) is 4.24. The summed E-state index contributed by atoms with van der Waals surface area (Å²) in [6.07, 6.45) is 1.57. The van der Waals surface area contributed by atoms with Gasteiger partial charge in [0.2, 0.25) is 0 Å². The van der Waals surface area contributed by atoms with Crippen molar-refractivity contribution in [1.29, 1.82) is 0 Å². The Balaban J connectivity index is 2.14. The average Bonchev–Trinajstić information content (AvgIpc) is 2.93. The Morgan fingerprint density at radius 3 is 3.00 bits per heavy atom. The highest BCUT2D eigenvalue weighted by Gasteiger charge is 2.28. The summed E-state index contributed by atoms with van der Waals surface area (Å²) < 4.78 is 7.07. The van der Waals surface area contributed by atoms with Crippen LogP contribution < -0.4 is 10.1 Å². The number of rotatable bonds is 5. The van der Waals surface area contributed by atoms with Gasteiger partial charge in [0.05, 0.1) is 11.5 Å². The van der Waals surface area contributed by atoms with E-state index >= 15 is 0 Å². The number of nitrogens with one attached hydrogen (secondary N) is 1. The molecule has 0 amide bonds. The molecule has 1 N–H and O–H groups in total. The fourth-order valence-corrected chi connectivity index (χ4v) is 2.19. The standard InChI is InChI=1S/C11H18N4O3/c1-3-9-10(15(16)17)11(14(2)13-9)18-7-8-4-5-12-6-8/h8,12H,3-7H2,1-2H3. The minimum atomic E-state index is -0.409. The highest BCUT2D eigenvalue weighted by atomic mass is 16.6. The van der Waals surface area contributed by atoms with E-state index in [-0.39, 0.29) is 11.6 Å². The van der Waals surface area contributed by atoms with E-state index in [1.807, 2.05) is 6.92 Å². The molecule has 0 aromatic carbocycles. The second-order valence-corrected chi connectivity index (χ2v) is 4.50. The number of hydrogen-bond donors (Lipinski definition) is 1. The van der Waals surface area contributed by atoms with Gasteiger partial charge in [-0.1, -0.05) is 6.92 Å². The van der Waals surface area contributed by atoms with Crippen molar-refractivity contribution in [3.63, 3.8) is 0 Å². The molecule has 7 heteroatoms. The lowest BCUT2D eigenvalue weighted by molar-refractivity contribution is -0.386. The Hall–Kier alpha value is -1.63. The lowest BCUT2D eigenvalue weighted by atomic mass is 10.1. The third-order valence-corrected chi connectivity index (χ3v) is 3.18. The summed E-state index contributed by atoms with van der Waals surface area (Å²) in [5, 5.41) is 18.4. The van der Waals surface area contributed by atoms with Crippen molar-refractivity contribution in [2.24, 2.45) is 13.0 Å². The molecule has 1 saturated heterocycles. The van der Waals surface area contributed by atoms with Crippen LogP contribution in [0.3, 0.4) is 0 Å². The van der Waals surface area contributed by atoms with E-state index in [1.54, 1.807) is 7.05 Å². The van der Waals surface area contributed by atoms with Crippen LogP contribution >= 0.6 is 0 Å². The Bertz CT molecular complexity index is 438. The SMILES string of the molecule is CCc1nn(C)c(OCC2CCNC2)c1[N+](=O)[O-]. The van der Waals surface area contributed by atoms with Crippen LogP contribution in [0, 0.1) is 16.0 Å². The second-order valence-electron chi connectivity index (χ2n) is 4.50. The Labute approximate surface area is 105 Å². The summed E-state index contributed by atoms with van der Waals surface area (Å²) in [6, 6.07) is 0. The van der Waals surface area contributed by atoms with Gasteiger partial charge >= 0.3 is 5.69 Å². The van der Waals surface area contributed by atoms with Crippen LogP contribution in [0.5, 0.6) is 5.88 Å². The van der Waals surface area contributed by atoms with E-state index in [2.05, 4.69) is 10.4 Å². The molecule has 0 bridgehead atoms. The van der Waals surface area contributed by atoms with Crippen molar-refractivity contribution in [3.8, 4) is 5.88 Å². The quantitative estimate of drug-likeness (QED) is 0.623. The number of nitro groups is 1. The zero-order valence-electron chi connectivity index (χ0n) is 10.7. The normalized spacial score (nSPS) is 19.1. The van der Waals surface area contributed by atoms with E-state index in [0.717, 1.165) is 19.5 Å². The number of nitrogens with zero attached hydrogens (tertiary/aromatic N) is 3. The van der Waals surface area contributed by atoms with Gasteiger partial charge in [-0.2, -0.15) is 5.10 Å². The van der Waals surface area contributed by atoms with E-state index in [0.29, 0.717) is 24.6 Å². The summed E-state index contributed by atoms with van der Waals surface area (Å²) in [7, 11) is 1.67. The van der Waals surface area contributed by atoms with Gasteiger partial charge in [0, 0.05) is 19.5 Å². The third kappa shape index (κ3) is 2.45. The monoisotopic (exact) mass is 254 g/mol. The number of ether oxygens (including phenoxy) is 1. The lowest BCUT2D eigenvalue weighted by Crippen LogP contribution is -2.16. The molecule has 1 aromatic rings. The molecule has 1 aromatic heterocycles. The Morgan fingerprint density at radius 1 is 1.67 bits per heavy atom. The fourth-order valence-electron chi connectivity index (χ4n) is 2.19. The molecular formula is C11H18N4O3. The van der Waals surface area contributed by atoms with Gasteiger partial charge in [-0.3, -0.25) is 10.1 Å². The molecule has 0 radical (unpaired) electrons. The van der Waals surface area contributed by atoms with Gasteiger partial charge in [0.25, 0.3) is 5.88 Å². The van der Waals surface area contributed by atoms with Crippen LogP contribution in [0.25, 0.3) is 0 Å². The minimum Gasteiger partial charge on any atom is -0.473 e. The molecular weight excluding hydrogens is 236 g/mol. The van der Waals surface area contributed by atoms with Crippen molar-refractivity contribution >= 4 is 5.69 Å². The number of hydrogen-bond acceptors (Lipinski definition) is 5. The van der Waals surface area contributed by atoms with Crippen LogP contribution in [0.15, 0.2) is 0 Å². The van der Waals surface area contributed by atoms with E-state index in [1.165, 1.54) is 4.68 Å². The largest absolute Gasteiger partial charge is 0.473 e. The van der Waals surface area contributed by atoms with Crippen LogP contribution in [0.2, 0.25) is 0 Å². The van der Waals surface area contributed by atoms with Gasteiger partial charge in [-0.15, -0.1) is 0 Å². The number of aromatic nitrogens is 2. The molecule has 0 spiro atoms. The zero-order valence-corrected chi connectivity index (χ0v) is 10.7. The first kappa shape index (κ1) is 12.8. The van der Waals surface area contributed by atoms with Crippen LogP contribution in [-0.4, -0.2) is 34.4 Å². The molecule has 1 fully saturated rings. The molecule has 1 aliphatic rings.